The summed E-state index contributed by atoms with van der Waals surface area (Å²) in [7, 11) is 1.52. The van der Waals surface area contributed by atoms with Gasteiger partial charge in [0.05, 0.1) is 5.02 Å². The Kier molecular flexibility index (Phi) is 3.39. The highest BCUT2D eigenvalue weighted by Gasteiger charge is 1.97. The molecule has 0 aliphatic rings. The van der Waals surface area contributed by atoms with Crippen LogP contribution in [0.2, 0.25) is 5.02 Å². The first-order valence-electron chi connectivity index (χ1n) is 3.11. The predicted octanol–water partition coefficient (Wildman–Crippen LogP) is 2.58. The minimum Gasteiger partial charge on any atom is -0.399 e. The van der Waals surface area contributed by atoms with Crippen molar-refractivity contribution in [1.29, 1.82) is 0 Å². The average Bonchev–Trinajstić information content (AvgIpc) is 2.37. The Balaban J connectivity index is 2.50. The van der Waals surface area contributed by atoms with Crippen molar-refractivity contribution in [3.63, 3.8) is 0 Å². The van der Waals surface area contributed by atoms with Crippen LogP contribution in [0.25, 0.3) is 0 Å². The fourth-order valence-electron chi connectivity index (χ4n) is 0.665. The second-order valence-electron chi connectivity index (χ2n) is 1.87. The molecule has 1 aromatic rings. The molecule has 0 aromatic carbocycles. The zero-order valence-electron chi connectivity index (χ0n) is 6.08. The maximum Gasteiger partial charge on any atom is 0.106 e. The van der Waals surface area contributed by atoms with Crippen LogP contribution in [0.5, 0.6) is 0 Å². The average molecular weight is 190 g/mol. The second-order valence-corrected chi connectivity index (χ2v) is 3.27. The van der Waals surface area contributed by atoms with Crippen LogP contribution >= 0.6 is 22.9 Å². The fraction of sp³-hybridized carbons (Fsp3) is 0.286. The molecular formula is C7H8ClNOS. The van der Waals surface area contributed by atoms with Crippen LogP contribution in [0.3, 0.4) is 0 Å². The van der Waals surface area contributed by atoms with Gasteiger partial charge in [-0.05, 0) is 11.4 Å². The summed E-state index contributed by atoms with van der Waals surface area (Å²) < 4.78 is 0. The minimum atomic E-state index is 0.740. The number of oxime groups is 1. The van der Waals surface area contributed by atoms with Gasteiger partial charge in [-0.15, -0.1) is 11.3 Å². The molecule has 1 heterocycles. The first-order valence-corrected chi connectivity index (χ1v) is 4.37. The van der Waals surface area contributed by atoms with E-state index in [1.165, 1.54) is 7.11 Å². The molecule has 0 radical (unpaired) electrons. The summed E-state index contributed by atoms with van der Waals surface area (Å²) in [6.45, 7) is 0. The van der Waals surface area contributed by atoms with Crippen molar-refractivity contribution in [3.05, 3.63) is 21.3 Å². The molecule has 4 heteroatoms. The highest BCUT2D eigenvalue weighted by Crippen LogP contribution is 2.21. The first-order chi connectivity index (χ1) is 5.34. The van der Waals surface area contributed by atoms with Crippen molar-refractivity contribution in [2.24, 2.45) is 5.16 Å². The summed E-state index contributed by atoms with van der Waals surface area (Å²) in [5, 5.41) is 6.37. The van der Waals surface area contributed by atoms with Crippen molar-refractivity contribution in [1.82, 2.24) is 0 Å². The van der Waals surface area contributed by atoms with Crippen LogP contribution in [0, 0.1) is 0 Å². The lowest BCUT2D eigenvalue weighted by molar-refractivity contribution is 0.215. The molecule has 1 aromatic heterocycles. The van der Waals surface area contributed by atoms with Gasteiger partial charge in [-0.2, -0.15) is 0 Å². The highest BCUT2D eigenvalue weighted by atomic mass is 35.5. The topological polar surface area (TPSA) is 21.6 Å². The summed E-state index contributed by atoms with van der Waals surface area (Å²) in [6, 6.07) is 1.88. The van der Waals surface area contributed by atoms with Crippen molar-refractivity contribution in [3.8, 4) is 0 Å². The Hall–Kier alpha value is -0.540. The summed E-state index contributed by atoms with van der Waals surface area (Å²) in [5.41, 5.74) is 0. The van der Waals surface area contributed by atoms with E-state index in [0.29, 0.717) is 0 Å². The van der Waals surface area contributed by atoms with Crippen LogP contribution in [0.1, 0.15) is 4.88 Å². The predicted molar refractivity (Wildman–Crippen MR) is 48.5 cm³/mol. The van der Waals surface area contributed by atoms with Gasteiger partial charge in [0.1, 0.15) is 7.11 Å². The SMILES string of the molecule is CON=CCc1sccc1Cl. The van der Waals surface area contributed by atoms with Crippen LogP contribution in [-0.4, -0.2) is 13.3 Å². The van der Waals surface area contributed by atoms with Gasteiger partial charge in [0.15, 0.2) is 0 Å². The minimum absolute atomic E-state index is 0.740. The largest absolute Gasteiger partial charge is 0.399 e. The standard InChI is InChI=1S/C7H8ClNOS/c1-10-9-4-2-7-6(8)3-5-11-7/h3-5H,2H2,1H3. The number of rotatable bonds is 3. The lowest BCUT2D eigenvalue weighted by Crippen LogP contribution is -1.82. The van der Waals surface area contributed by atoms with E-state index >= 15 is 0 Å². The number of thiophene rings is 1. The third-order valence-electron chi connectivity index (χ3n) is 1.15. The van der Waals surface area contributed by atoms with Gasteiger partial charge in [0.2, 0.25) is 0 Å². The monoisotopic (exact) mass is 189 g/mol. The lowest BCUT2D eigenvalue weighted by Gasteiger charge is -1.89. The molecule has 0 fully saturated rings. The van der Waals surface area contributed by atoms with Crippen molar-refractivity contribution in [2.75, 3.05) is 7.11 Å². The maximum atomic E-state index is 5.83. The quantitative estimate of drug-likeness (QED) is 0.529. The summed E-state index contributed by atoms with van der Waals surface area (Å²) in [5.74, 6) is 0. The molecular weight excluding hydrogens is 182 g/mol. The van der Waals surface area contributed by atoms with Gasteiger partial charge in [-0.25, -0.2) is 0 Å². The van der Waals surface area contributed by atoms with Crippen LogP contribution in [-0.2, 0) is 11.3 Å². The van der Waals surface area contributed by atoms with Crippen LogP contribution in [0.4, 0.5) is 0 Å². The van der Waals surface area contributed by atoms with E-state index in [-0.39, 0.29) is 0 Å². The van der Waals surface area contributed by atoms with E-state index in [1.807, 2.05) is 11.4 Å². The number of nitrogens with zero attached hydrogens (tertiary/aromatic N) is 1. The Morgan fingerprint density at radius 3 is 3.18 bits per heavy atom. The van der Waals surface area contributed by atoms with Gasteiger partial charge >= 0.3 is 0 Å². The molecule has 0 atom stereocenters. The van der Waals surface area contributed by atoms with Gasteiger partial charge < -0.3 is 4.84 Å². The maximum absolute atomic E-state index is 5.83. The molecule has 0 saturated heterocycles. The van der Waals surface area contributed by atoms with Gasteiger partial charge in [-0.1, -0.05) is 16.8 Å². The highest BCUT2D eigenvalue weighted by molar-refractivity contribution is 7.10. The normalized spacial score (nSPS) is 10.7. The number of hydrogen-bond acceptors (Lipinski definition) is 3. The molecule has 0 spiro atoms. The molecule has 0 amide bonds. The van der Waals surface area contributed by atoms with Crippen molar-refractivity contribution < 1.29 is 4.84 Å². The van der Waals surface area contributed by atoms with E-state index in [9.17, 15) is 0 Å². The van der Waals surface area contributed by atoms with E-state index in [0.717, 1.165) is 16.3 Å². The second kappa shape index (κ2) is 4.36. The molecule has 0 bridgehead atoms. The van der Waals surface area contributed by atoms with Crippen molar-refractivity contribution >= 4 is 29.2 Å². The smallest absolute Gasteiger partial charge is 0.106 e. The van der Waals surface area contributed by atoms with Gasteiger partial charge in [0.25, 0.3) is 0 Å². The zero-order valence-corrected chi connectivity index (χ0v) is 7.65. The Morgan fingerprint density at radius 2 is 2.64 bits per heavy atom. The van der Waals surface area contributed by atoms with E-state index in [1.54, 1.807) is 17.6 Å². The Labute approximate surface area is 74.4 Å². The Morgan fingerprint density at radius 1 is 1.82 bits per heavy atom. The Bertz CT molecular complexity index is 246. The summed E-state index contributed by atoms with van der Waals surface area (Å²) in [4.78, 5) is 5.63. The molecule has 60 valence electrons. The molecule has 1 rings (SSSR count). The number of halogens is 1. The zero-order chi connectivity index (χ0) is 8.10. The van der Waals surface area contributed by atoms with E-state index < -0.39 is 0 Å². The molecule has 0 aliphatic carbocycles. The fourth-order valence-corrected chi connectivity index (χ4v) is 1.73. The molecule has 0 unspecified atom stereocenters. The van der Waals surface area contributed by atoms with E-state index in [2.05, 4.69) is 9.99 Å². The van der Waals surface area contributed by atoms with Crippen LogP contribution < -0.4 is 0 Å². The number of hydrogen-bond donors (Lipinski definition) is 0. The van der Waals surface area contributed by atoms with Gasteiger partial charge in [0, 0.05) is 17.5 Å². The van der Waals surface area contributed by atoms with Crippen LogP contribution in [0.15, 0.2) is 16.6 Å². The van der Waals surface area contributed by atoms with Gasteiger partial charge in [-0.3, -0.25) is 0 Å². The molecule has 11 heavy (non-hydrogen) atoms. The summed E-state index contributed by atoms with van der Waals surface area (Å²) in [6.07, 6.45) is 2.43. The third kappa shape index (κ3) is 2.52. The third-order valence-corrected chi connectivity index (χ3v) is 2.56. The van der Waals surface area contributed by atoms with E-state index in [4.69, 9.17) is 11.6 Å². The summed E-state index contributed by atoms with van der Waals surface area (Å²) >= 11 is 7.45. The molecule has 0 saturated carbocycles. The molecule has 0 aliphatic heterocycles. The first kappa shape index (κ1) is 8.56. The lowest BCUT2D eigenvalue weighted by atomic mass is 10.4. The molecule has 0 N–H and O–H groups in total. The van der Waals surface area contributed by atoms with Crippen molar-refractivity contribution in [2.45, 2.75) is 6.42 Å². The molecule has 2 nitrogen and oxygen atoms in total.